The number of hydrogen-bond acceptors (Lipinski definition) is 6. The normalized spacial score (nSPS) is 13.0. The zero-order valence-electron chi connectivity index (χ0n) is 21.6. The van der Waals surface area contributed by atoms with Crippen LogP contribution in [0.5, 0.6) is 5.75 Å². The summed E-state index contributed by atoms with van der Waals surface area (Å²) in [5.41, 5.74) is 0.506. The molecule has 0 heterocycles. The van der Waals surface area contributed by atoms with E-state index in [2.05, 4.69) is 10.6 Å². The van der Waals surface area contributed by atoms with Crippen molar-refractivity contribution >= 4 is 29.7 Å². The van der Waals surface area contributed by atoms with Gasteiger partial charge in [-0.1, -0.05) is 19.4 Å². The molecule has 0 radical (unpaired) electrons. The number of alkyl carbamates (subject to hydrolysis) is 1. The van der Waals surface area contributed by atoms with Crippen LogP contribution in [-0.2, 0) is 14.3 Å². The SMILES string of the molecule is CCCCNC(=O)C(c1ccc(O)c(C)c1)N(CC)C(=O)C(CCSC)NC(=O)OC(C)(C)C. The van der Waals surface area contributed by atoms with Gasteiger partial charge in [-0.05, 0) is 82.7 Å². The Hall–Kier alpha value is -2.42. The molecule has 0 aromatic heterocycles. The number of phenolic OH excluding ortho intramolecular Hbond substituents is 1. The quantitative estimate of drug-likeness (QED) is 0.376. The minimum absolute atomic E-state index is 0.118. The summed E-state index contributed by atoms with van der Waals surface area (Å²) in [5.74, 6) is 0.112. The number of carbonyl (C=O) groups is 3. The van der Waals surface area contributed by atoms with Crippen LogP contribution in [0.4, 0.5) is 4.79 Å². The van der Waals surface area contributed by atoms with Crippen molar-refractivity contribution in [2.24, 2.45) is 0 Å². The lowest BCUT2D eigenvalue weighted by Gasteiger charge is -2.34. The highest BCUT2D eigenvalue weighted by Crippen LogP contribution is 2.27. The number of nitrogens with zero attached hydrogens (tertiary/aromatic N) is 1. The zero-order chi connectivity index (χ0) is 25.9. The number of phenols is 1. The van der Waals surface area contributed by atoms with Crippen molar-refractivity contribution in [3.8, 4) is 5.75 Å². The van der Waals surface area contributed by atoms with Crippen LogP contribution in [0.25, 0.3) is 0 Å². The molecule has 0 bridgehead atoms. The Kier molecular flexibility index (Phi) is 12.3. The van der Waals surface area contributed by atoms with Gasteiger partial charge in [-0.2, -0.15) is 11.8 Å². The molecule has 3 N–H and O–H groups in total. The molecular formula is C25H41N3O5S. The van der Waals surface area contributed by atoms with Crippen LogP contribution in [0.1, 0.15) is 71.0 Å². The summed E-state index contributed by atoms with van der Waals surface area (Å²) in [6.07, 6.45) is 3.40. The number of carbonyl (C=O) groups excluding carboxylic acids is 3. The van der Waals surface area contributed by atoms with Crippen molar-refractivity contribution in [2.45, 2.75) is 78.5 Å². The summed E-state index contributed by atoms with van der Waals surface area (Å²) in [7, 11) is 0. The number of aryl methyl sites for hydroxylation is 1. The third-order valence-electron chi connectivity index (χ3n) is 5.15. The van der Waals surface area contributed by atoms with Crippen LogP contribution in [0.15, 0.2) is 18.2 Å². The van der Waals surface area contributed by atoms with Gasteiger partial charge in [0.25, 0.3) is 0 Å². The third kappa shape index (κ3) is 9.44. The van der Waals surface area contributed by atoms with Crippen LogP contribution < -0.4 is 10.6 Å². The van der Waals surface area contributed by atoms with Crippen LogP contribution in [0.3, 0.4) is 0 Å². The lowest BCUT2D eigenvalue weighted by Crippen LogP contribution is -2.53. The molecule has 1 aromatic carbocycles. The first-order chi connectivity index (χ1) is 15.9. The van der Waals surface area contributed by atoms with E-state index in [1.165, 1.54) is 11.0 Å². The first-order valence-electron chi connectivity index (χ1n) is 11.8. The van der Waals surface area contributed by atoms with Crippen molar-refractivity contribution < 1.29 is 24.2 Å². The van der Waals surface area contributed by atoms with E-state index in [1.807, 2.05) is 13.2 Å². The second-order valence-electron chi connectivity index (χ2n) is 9.20. The molecule has 2 unspecified atom stereocenters. The molecule has 0 saturated heterocycles. The van der Waals surface area contributed by atoms with Crippen molar-refractivity contribution in [1.29, 1.82) is 0 Å². The molecule has 2 atom stereocenters. The summed E-state index contributed by atoms with van der Waals surface area (Å²) in [4.78, 5) is 40.9. The van der Waals surface area contributed by atoms with Crippen LogP contribution in [-0.4, -0.2) is 64.7 Å². The van der Waals surface area contributed by atoms with Crippen LogP contribution >= 0.6 is 11.8 Å². The first-order valence-corrected chi connectivity index (χ1v) is 13.2. The van der Waals surface area contributed by atoms with Crippen LogP contribution in [0.2, 0.25) is 0 Å². The lowest BCUT2D eigenvalue weighted by atomic mass is 10.00. The fourth-order valence-electron chi connectivity index (χ4n) is 3.42. The summed E-state index contributed by atoms with van der Waals surface area (Å²) in [6.45, 7) is 11.6. The fourth-order valence-corrected chi connectivity index (χ4v) is 3.89. The number of rotatable bonds is 12. The minimum atomic E-state index is -0.897. The maximum absolute atomic E-state index is 13.7. The number of aromatic hydroxyl groups is 1. The van der Waals surface area contributed by atoms with Gasteiger partial charge in [-0.25, -0.2) is 4.79 Å². The Balaban J connectivity index is 3.32. The molecule has 8 nitrogen and oxygen atoms in total. The number of likely N-dealkylation sites (N-methyl/N-ethyl adjacent to an activating group) is 1. The summed E-state index contributed by atoms with van der Waals surface area (Å²) in [6, 6.07) is 3.16. The molecule has 1 rings (SSSR count). The fraction of sp³-hybridized carbons (Fsp3) is 0.640. The Morgan fingerprint density at radius 3 is 2.41 bits per heavy atom. The molecule has 0 aliphatic rings. The average molecular weight is 496 g/mol. The monoisotopic (exact) mass is 495 g/mol. The number of unbranched alkanes of at least 4 members (excludes halogenated alkanes) is 1. The zero-order valence-corrected chi connectivity index (χ0v) is 22.4. The molecule has 9 heteroatoms. The second kappa shape index (κ2) is 14.1. The predicted octanol–water partition coefficient (Wildman–Crippen LogP) is 4.15. The highest BCUT2D eigenvalue weighted by Gasteiger charge is 2.35. The van der Waals surface area contributed by atoms with E-state index in [1.54, 1.807) is 58.5 Å². The van der Waals surface area contributed by atoms with Gasteiger partial charge in [0.05, 0.1) is 0 Å². The lowest BCUT2D eigenvalue weighted by molar-refractivity contribution is -0.142. The van der Waals surface area contributed by atoms with Gasteiger partial charge in [-0.3, -0.25) is 9.59 Å². The standard InChI is InChI=1S/C25H41N3O5S/c1-8-10-14-26-22(30)21(18-11-12-20(29)17(3)16-18)28(9-2)23(31)19(13-15-34-7)27-24(32)33-25(4,5)6/h11-12,16,19,21,29H,8-10,13-15H2,1-7H3,(H,26,30)(H,27,32). The molecule has 192 valence electrons. The van der Waals surface area contributed by atoms with Gasteiger partial charge in [0.1, 0.15) is 23.4 Å². The molecular weight excluding hydrogens is 454 g/mol. The number of ether oxygens (including phenoxy) is 1. The second-order valence-corrected chi connectivity index (χ2v) is 10.2. The highest BCUT2D eigenvalue weighted by molar-refractivity contribution is 7.98. The molecule has 0 fully saturated rings. The maximum Gasteiger partial charge on any atom is 0.408 e. The van der Waals surface area contributed by atoms with Gasteiger partial charge in [0, 0.05) is 13.1 Å². The number of amides is 3. The summed E-state index contributed by atoms with van der Waals surface area (Å²) >= 11 is 1.57. The number of hydrogen-bond donors (Lipinski definition) is 3. The van der Waals surface area contributed by atoms with Gasteiger partial charge >= 0.3 is 6.09 Å². The highest BCUT2D eigenvalue weighted by atomic mass is 32.2. The minimum Gasteiger partial charge on any atom is -0.508 e. The molecule has 1 aromatic rings. The van der Waals surface area contributed by atoms with Crippen LogP contribution in [0, 0.1) is 6.92 Å². The van der Waals surface area contributed by atoms with E-state index in [9.17, 15) is 19.5 Å². The molecule has 0 aliphatic heterocycles. The van der Waals surface area contributed by atoms with E-state index in [0.717, 1.165) is 12.8 Å². The molecule has 3 amide bonds. The van der Waals surface area contributed by atoms with Crippen molar-refractivity contribution in [2.75, 3.05) is 25.1 Å². The first kappa shape index (κ1) is 29.6. The molecule has 0 spiro atoms. The predicted molar refractivity (Wildman–Crippen MR) is 137 cm³/mol. The van der Waals surface area contributed by atoms with E-state index in [4.69, 9.17) is 4.74 Å². The molecule has 0 saturated carbocycles. The van der Waals surface area contributed by atoms with Crippen molar-refractivity contribution in [3.63, 3.8) is 0 Å². The Bertz CT molecular complexity index is 825. The smallest absolute Gasteiger partial charge is 0.408 e. The van der Waals surface area contributed by atoms with E-state index >= 15 is 0 Å². The maximum atomic E-state index is 13.7. The number of benzene rings is 1. The third-order valence-corrected chi connectivity index (χ3v) is 5.79. The summed E-state index contributed by atoms with van der Waals surface area (Å²) in [5, 5.41) is 15.6. The van der Waals surface area contributed by atoms with Gasteiger partial charge in [0.15, 0.2) is 0 Å². The number of nitrogens with one attached hydrogen (secondary N) is 2. The van der Waals surface area contributed by atoms with Gasteiger partial charge in [0.2, 0.25) is 11.8 Å². The number of thioether (sulfide) groups is 1. The van der Waals surface area contributed by atoms with Crippen molar-refractivity contribution in [1.82, 2.24) is 15.5 Å². The van der Waals surface area contributed by atoms with Gasteiger partial charge in [-0.15, -0.1) is 0 Å². The molecule has 0 aliphatic carbocycles. The van der Waals surface area contributed by atoms with E-state index in [0.29, 0.717) is 29.8 Å². The largest absolute Gasteiger partial charge is 0.508 e. The van der Waals surface area contributed by atoms with E-state index < -0.39 is 23.8 Å². The van der Waals surface area contributed by atoms with Gasteiger partial charge < -0.3 is 25.4 Å². The van der Waals surface area contributed by atoms with Crippen molar-refractivity contribution in [3.05, 3.63) is 29.3 Å². The Morgan fingerprint density at radius 1 is 1.21 bits per heavy atom. The summed E-state index contributed by atoms with van der Waals surface area (Å²) < 4.78 is 5.36. The Labute approximate surface area is 208 Å². The Morgan fingerprint density at radius 2 is 1.88 bits per heavy atom. The molecule has 34 heavy (non-hydrogen) atoms. The van der Waals surface area contributed by atoms with E-state index in [-0.39, 0.29) is 24.1 Å². The average Bonchev–Trinajstić information content (AvgIpc) is 2.75. The topological polar surface area (TPSA) is 108 Å².